The van der Waals surface area contributed by atoms with Crippen LogP contribution in [0.1, 0.15) is 17.2 Å². The minimum absolute atomic E-state index is 0.0933. The van der Waals surface area contributed by atoms with Crippen LogP contribution in [0.25, 0.3) is 6.08 Å². The van der Waals surface area contributed by atoms with Gasteiger partial charge in [-0.25, -0.2) is 0 Å². The van der Waals surface area contributed by atoms with Gasteiger partial charge in [0, 0.05) is 22.8 Å². The predicted molar refractivity (Wildman–Crippen MR) is 136 cm³/mol. The molecule has 1 unspecified atom stereocenters. The first-order valence-electron chi connectivity index (χ1n) is 10.3. The lowest BCUT2D eigenvalue weighted by Crippen LogP contribution is -2.34. The number of anilines is 3. The fourth-order valence-electron chi connectivity index (χ4n) is 3.08. The second-order valence-corrected chi connectivity index (χ2v) is 8.10. The van der Waals surface area contributed by atoms with Crippen LogP contribution in [0.15, 0.2) is 83.3 Å². The number of carbonyl (C=O) groups is 2. The highest BCUT2D eigenvalue weighted by Crippen LogP contribution is 2.20. The van der Waals surface area contributed by atoms with Crippen molar-refractivity contribution in [3.05, 3.63) is 94.5 Å². The number of rotatable bonds is 9. The van der Waals surface area contributed by atoms with Crippen LogP contribution < -0.4 is 21.7 Å². The van der Waals surface area contributed by atoms with E-state index >= 15 is 0 Å². The summed E-state index contributed by atoms with van der Waals surface area (Å²) in [6.45, 7) is 0.173. The van der Waals surface area contributed by atoms with Gasteiger partial charge in [0.15, 0.2) is 0 Å². The van der Waals surface area contributed by atoms with E-state index in [1.165, 1.54) is 6.08 Å². The van der Waals surface area contributed by atoms with Gasteiger partial charge in [-0.1, -0.05) is 52.3 Å². The Morgan fingerprint density at radius 1 is 0.970 bits per heavy atom. The van der Waals surface area contributed by atoms with Crippen molar-refractivity contribution < 1.29 is 14.7 Å². The van der Waals surface area contributed by atoms with Crippen molar-refractivity contribution in [1.29, 1.82) is 0 Å². The van der Waals surface area contributed by atoms with Crippen molar-refractivity contribution in [2.45, 2.75) is 6.04 Å². The normalized spacial score (nSPS) is 11.8. The Morgan fingerprint density at radius 3 is 2.33 bits per heavy atom. The van der Waals surface area contributed by atoms with E-state index in [-0.39, 0.29) is 25.0 Å². The van der Waals surface area contributed by atoms with Gasteiger partial charge in [0.2, 0.25) is 11.8 Å². The van der Waals surface area contributed by atoms with Crippen LogP contribution in [0, 0.1) is 0 Å². The maximum atomic E-state index is 12.9. The second-order valence-electron chi connectivity index (χ2n) is 7.18. The Labute approximate surface area is 200 Å². The molecular weight excluding hydrogens is 484 g/mol. The number of halogens is 1. The molecule has 0 saturated carbocycles. The summed E-state index contributed by atoms with van der Waals surface area (Å²) in [5.41, 5.74) is 9.08. The van der Waals surface area contributed by atoms with Gasteiger partial charge in [-0.05, 0) is 53.6 Å². The van der Waals surface area contributed by atoms with Gasteiger partial charge in [-0.15, -0.1) is 0 Å². The van der Waals surface area contributed by atoms with E-state index < -0.39 is 6.04 Å². The molecular formula is C25H25BrN4O3. The van der Waals surface area contributed by atoms with Gasteiger partial charge in [0.25, 0.3) is 0 Å². The number of hydrogen-bond acceptors (Lipinski definition) is 5. The van der Waals surface area contributed by atoms with E-state index in [1.807, 2.05) is 36.4 Å². The third-order valence-corrected chi connectivity index (χ3v) is 5.28. The molecule has 7 nitrogen and oxygen atoms in total. The van der Waals surface area contributed by atoms with Crippen molar-refractivity contribution >= 4 is 50.9 Å². The zero-order chi connectivity index (χ0) is 23.6. The van der Waals surface area contributed by atoms with Crippen LogP contribution in [0.5, 0.6) is 0 Å². The zero-order valence-corrected chi connectivity index (χ0v) is 19.4. The molecule has 0 spiro atoms. The van der Waals surface area contributed by atoms with Crippen LogP contribution >= 0.6 is 15.9 Å². The van der Waals surface area contributed by atoms with Crippen LogP contribution in [-0.2, 0) is 9.59 Å². The summed E-state index contributed by atoms with van der Waals surface area (Å²) in [7, 11) is 0. The van der Waals surface area contributed by atoms with Gasteiger partial charge < -0.3 is 21.5 Å². The van der Waals surface area contributed by atoms with Crippen molar-refractivity contribution in [1.82, 2.24) is 5.32 Å². The first kappa shape index (κ1) is 24.2. The Morgan fingerprint density at radius 2 is 1.67 bits per heavy atom. The molecule has 0 aliphatic rings. The molecule has 0 aliphatic carbocycles. The summed E-state index contributed by atoms with van der Waals surface area (Å²) in [5.74, 6) is -0.540. The number of nitrogens with two attached hydrogens (primary N) is 1. The molecule has 170 valence electrons. The number of benzene rings is 3. The standard InChI is InChI=1S/C25H25BrN4O3/c26-19-10-12-20(13-11-19)29-25(33)24(28-15-16-31)18-8-5-17(6-9-18)7-14-23(32)30-22-4-2-1-3-21(22)27/h1-14,24,28,31H,15-16,27H2,(H,29,33)(H,30,32). The largest absolute Gasteiger partial charge is 0.397 e. The highest BCUT2D eigenvalue weighted by atomic mass is 79.9. The van der Waals surface area contributed by atoms with Crippen molar-refractivity contribution in [3.8, 4) is 0 Å². The number of nitrogens with one attached hydrogen (secondary N) is 3. The van der Waals surface area contributed by atoms with Gasteiger partial charge in [-0.3, -0.25) is 14.9 Å². The lowest BCUT2D eigenvalue weighted by molar-refractivity contribution is -0.118. The molecule has 0 saturated heterocycles. The maximum absolute atomic E-state index is 12.9. The molecule has 0 bridgehead atoms. The SMILES string of the molecule is Nc1ccccc1NC(=O)C=Cc1ccc(C(NCCO)C(=O)Nc2ccc(Br)cc2)cc1. The Bertz CT molecular complexity index is 1120. The quantitative estimate of drug-likeness (QED) is 0.221. The van der Waals surface area contributed by atoms with E-state index in [0.29, 0.717) is 17.1 Å². The number of hydrogen-bond donors (Lipinski definition) is 5. The minimum Gasteiger partial charge on any atom is -0.397 e. The summed E-state index contributed by atoms with van der Waals surface area (Å²) in [6.07, 6.45) is 3.10. The fraction of sp³-hybridized carbons (Fsp3) is 0.120. The molecule has 0 aromatic heterocycles. The second kappa shape index (κ2) is 12.0. The number of amides is 2. The highest BCUT2D eigenvalue weighted by molar-refractivity contribution is 9.10. The molecule has 3 rings (SSSR count). The summed E-state index contributed by atoms with van der Waals surface area (Å²) < 4.78 is 0.917. The number of aliphatic hydroxyl groups is 1. The molecule has 0 aliphatic heterocycles. The molecule has 0 heterocycles. The Balaban J connectivity index is 1.67. The van der Waals surface area contributed by atoms with Crippen LogP contribution in [0.4, 0.5) is 17.1 Å². The fourth-order valence-corrected chi connectivity index (χ4v) is 3.34. The highest BCUT2D eigenvalue weighted by Gasteiger charge is 2.20. The number of para-hydroxylation sites is 2. The predicted octanol–water partition coefficient (Wildman–Crippen LogP) is 3.94. The monoisotopic (exact) mass is 508 g/mol. The average Bonchev–Trinajstić information content (AvgIpc) is 2.82. The summed E-state index contributed by atoms with van der Waals surface area (Å²) in [4.78, 5) is 25.0. The number of aliphatic hydroxyl groups excluding tert-OH is 1. The number of nitrogen functional groups attached to an aromatic ring is 1. The van der Waals surface area contributed by atoms with E-state index in [4.69, 9.17) is 5.73 Å². The van der Waals surface area contributed by atoms with Crippen molar-refractivity contribution in [2.24, 2.45) is 0 Å². The van der Waals surface area contributed by atoms with E-state index in [9.17, 15) is 14.7 Å². The van der Waals surface area contributed by atoms with Crippen molar-refractivity contribution in [2.75, 3.05) is 29.5 Å². The summed E-state index contributed by atoms with van der Waals surface area (Å²) >= 11 is 3.37. The van der Waals surface area contributed by atoms with Crippen LogP contribution in [-0.4, -0.2) is 30.1 Å². The molecule has 0 radical (unpaired) electrons. The minimum atomic E-state index is -0.650. The van der Waals surface area contributed by atoms with Gasteiger partial charge in [0.1, 0.15) is 6.04 Å². The molecule has 33 heavy (non-hydrogen) atoms. The molecule has 2 amide bonds. The van der Waals surface area contributed by atoms with Crippen LogP contribution in [0.3, 0.4) is 0 Å². The third-order valence-electron chi connectivity index (χ3n) is 4.75. The van der Waals surface area contributed by atoms with Gasteiger partial charge in [0.05, 0.1) is 18.0 Å². The molecule has 1 atom stereocenters. The summed E-state index contributed by atoms with van der Waals surface area (Å²) in [5, 5.41) is 17.9. The lowest BCUT2D eigenvalue weighted by atomic mass is 10.0. The first-order valence-corrected chi connectivity index (χ1v) is 11.1. The van der Waals surface area contributed by atoms with E-state index in [1.54, 1.807) is 42.5 Å². The maximum Gasteiger partial charge on any atom is 0.248 e. The van der Waals surface area contributed by atoms with Crippen molar-refractivity contribution in [3.63, 3.8) is 0 Å². The molecule has 8 heteroatoms. The van der Waals surface area contributed by atoms with Crippen LogP contribution in [0.2, 0.25) is 0 Å². The smallest absolute Gasteiger partial charge is 0.248 e. The molecule has 3 aromatic rings. The zero-order valence-electron chi connectivity index (χ0n) is 17.8. The van der Waals surface area contributed by atoms with E-state index in [2.05, 4.69) is 31.9 Å². The molecule has 0 fully saturated rings. The number of carbonyl (C=O) groups excluding carboxylic acids is 2. The first-order chi connectivity index (χ1) is 16.0. The van der Waals surface area contributed by atoms with Gasteiger partial charge in [-0.2, -0.15) is 0 Å². The average molecular weight is 509 g/mol. The lowest BCUT2D eigenvalue weighted by Gasteiger charge is -2.19. The third kappa shape index (κ3) is 7.28. The molecule has 3 aromatic carbocycles. The van der Waals surface area contributed by atoms with E-state index in [0.717, 1.165) is 15.6 Å². The molecule has 6 N–H and O–H groups in total. The Hall–Kier alpha value is -3.46. The Kier molecular flexibility index (Phi) is 8.77. The van der Waals surface area contributed by atoms with Gasteiger partial charge >= 0.3 is 0 Å². The summed E-state index contributed by atoms with van der Waals surface area (Å²) in [6, 6.07) is 20.9. The topological polar surface area (TPSA) is 116 Å².